The number of piperidine rings is 1. The van der Waals surface area contributed by atoms with Gasteiger partial charge in [-0.25, -0.2) is 14.0 Å². The quantitative estimate of drug-likeness (QED) is 0.412. The molecule has 1 aromatic heterocycles. The van der Waals surface area contributed by atoms with Gasteiger partial charge in [-0.05, 0) is 85.0 Å². The maximum atomic E-state index is 4.88. The summed E-state index contributed by atoms with van der Waals surface area (Å²) >= 11 is 1.73. The molecule has 3 heterocycles. The van der Waals surface area contributed by atoms with E-state index in [4.69, 9.17) is 4.98 Å². The number of likely N-dealkylation sites (tertiary alicyclic amines) is 1. The molecule has 8 heteroatoms. The molecule has 2 aliphatic heterocycles. The van der Waals surface area contributed by atoms with Gasteiger partial charge in [0.1, 0.15) is 5.82 Å². The molecule has 1 aliphatic carbocycles. The van der Waals surface area contributed by atoms with E-state index in [9.17, 15) is 0 Å². The number of rotatable bonds is 7. The topological polar surface area (TPSA) is 59.6 Å². The predicted octanol–water partition coefficient (Wildman–Crippen LogP) is 4.95. The zero-order chi connectivity index (χ0) is 24.2. The van der Waals surface area contributed by atoms with Gasteiger partial charge in [0.2, 0.25) is 5.95 Å². The minimum atomic E-state index is 0.452. The summed E-state index contributed by atoms with van der Waals surface area (Å²) in [7, 11) is 4.19. The number of allylic oxidation sites excluding steroid dienone is 1. The summed E-state index contributed by atoms with van der Waals surface area (Å²) in [6.07, 6.45) is 16.6. The van der Waals surface area contributed by atoms with Gasteiger partial charge in [0.25, 0.3) is 0 Å². The Morgan fingerprint density at radius 3 is 2.38 bits per heavy atom. The lowest BCUT2D eigenvalue weighted by molar-refractivity contribution is 0.117. The Morgan fingerprint density at radius 2 is 1.71 bits per heavy atom. The van der Waals surface area contributed by atoms with Crippen LogP contribution in [0.4, 0.5) is 11.8 Å². The minimum absolute atomic E-state index is 0.452. The third-order valence-corrected chi connectivity index (χ3v) is 7.78. The molecule has 192 valence electrons. The summed E-state index contributed by atoms with van der Waals surface area (Å²) < 4.78 is 5.75. The zero-order valence-electron chi connectivity index (χ0n) is 21.7. The van der Waals surface area contributed by atoms with Crippen molar-refractivity contribution in [3.05, 3.63) is 24.9 Å². The van der Waals surface area contributed by atoms with Crippen molar-refractivity contribution in [2.45, 2.75) is 89.3 Å². The fourth-order valence-electron chi connectivity index (χ4n) is 5.27. The molecule has 34 heavy (non-hydrogen) atoms. The average molecular weight is 490 g/mol. The van der Waals surface area contributed by atoms with E-state index in [0.717, 1.165) is 37.4 Å². The molecular formula is C26H47N7S. The molecular weight excluding hydrogens is 442 g/mol. The summed E-state index contributed by atoms with van der Waals surface area (Å²) in [5.74, 6) is 1.90. The fourth-order valence-corrected chi connectivity index (χ4v) is 5.87. The minimum Gasteiger partial charge on any atom is -0.356 e. The van der Waals surface area contributed by atoms with Crippen molar-refractivity contribution < 1.29 is 0 Å². The van der Waals surface area contributed by atoms with E-state index in [1.54, 1.807) is 18.2 Å². The monoisotopic (exact) mass is 489 g/mol. The van der Waals surface area contributed by atoms with Crippen LogP contribution in [0.3, 0.4) is 0 Å². The number of aromatic nitrogens is 2. The first-order chi connectivity index (χ1) is 16.6. The molecule has 1 saturated carbocycles. The van der Waals surface area contributed by atoms with Crippen molar-refractivity contribution in [3.63, 3.8) is 0 Å². The maximum absolute atomic E-state index is 4.88. The van der Waals surface area contributed by atoms with Crippen LogP contribution in [-0.2, 0) is 0 Å². The highest BCUT2D eigenvalue weighted by Gasteiger charge is 2.30. The predicted molar refractivity (Wildman–Crippen MR) is 147 cm³/mol. The Kier molecular flexibility index (Phi) is 11.9. The third kappa shape index (κ3) is 9.02. The molecule has 3 aliphatic rings. The molecule has 0 bridgehead atoms. The first-order valence-electron chi connectivity index (χ1n) is 13.3. The Bertz CT molecular complexity index is 700. The number of nitrogens with one attached hydrogen (secondary N) is 2. The second-order valence-electron chi connectivity index (χ2n) is 10.1. The van der Waals surface area contributed by atoms with Gasteiger partial charge in [-0.15, -0.1) is 6.58 Å². The molecule has 0 spiro atoms. The lowest BCUT2D eigenvalue weighted by atomic mass is 9.89. The van der Waals surface area contributed by atoms with Gasteiger partial charge in [0, 0.05) is 56.1 Å². The second-order valence-corrected chi connectivity index (χ2v) is 11.2. The van der Waals surface area contributed by atoms with Gasteiger partial charge in [-0.3, -0.25) is 4.90 Å². The SMILES string of the molecule is C=CC.CN(C)SNC1CCC(N2CCCC(Nc3nccc(N4CCCCCC4)n3)C2)CC1. The molecule has 7 nitrogen and oxygen atoms in total. The normalized spacial score (nSPS) is 26.4. The number of hydrogen-bond donors (Lipinski definition) is 2. The van der Waals surface area contributed by atoms with E-state index >= 15 is 0 Å². The molecule has 0 amide bonds. The van der Waals surface area contributed by atoms with Crippen LogP contribution >= 0.6 is 12.1 Å². The molecule has 0 aromatic carbocycles. The van der Waals surface area contributed by atoms with Gasteiger partial charge in [-0.1, -0.05) is 18.9 Å². The van der Waals surface area contributed by atoms with E-state index in [1.807, 2.05) is 13.1 Å². The lowest BCUT2D eigenvalue weighted by Gasteiger charge is -2.41. The summed E-state index contributed by atoms with van der Waals surface area (Å²) in [6, 6.07) is 3.91. The van der Waals surface area contributed by atoms with Crippen LogP contribution in [-0.4, -0.2) is 77.6 Å². The zero-order valence-corrected chi connectivity index (χ0v) is 22.5. The Labute approximate surface area is 212 Å². The highest BCUT2D eigenvalue weighted by Crippen LogP contribution is 2.27. The van der Waals surface area contributed by atoms with Crippen molar-refractivity contribution in [2.75, 3.05) is 50.5 Å². The van der Waals surface area contributed by atoms with Crippen LogP contribution in [0.2, 0.25) is 0 Å². The van der Waals surface area contributed by atoms with Crippen LogP contribution < -0.4 is 14.9 Å². The van der Waals surface area contributed by atoms with Crippen molar-refractivity contribution in [1.29, 1.82) is 0 Å². The van der Waals surface area contributed by atoms with Gasteiger partial charge < -0.3 is 10.2 Å². The smallest absolute Gasteiger partial charge is 0.224 e. The molecule has 2 saturated heterocycles. The van der Waals surface area contributed by atoms with Gasteiger partial charge in [-0.2, -0.15) is 4.98 Å². The van der Waals surface area contributed by atoms with Crippen molar-refractivity contribution in [2.24, 2.45) is 0 Å². The van der Waals surface area contributed by atoms with Crippen LogP contribution in [0.15, 0.2) is 24.9 Å². The van der Waals surface area contributed by atoms with Gasteiger partial charge in [0.05, 0.1) is 0 Å². The number of nitrogens with zero attached hydrogens (tertiary/aromatic N) is 5. The summed E-state index contributed by atoms with van der Waals surface area (Å²) in [5.41, 5.74) is 0. The van der Waals surface area contributed by atoms with Crippen LogP contribution in [0.25, 0.3) is 0 Å². The highest BCUT2D eigenvalue weighted by molar-refractivity contribution is 7.95. The molecule has 2 N–H and O–H groups in total. The van der Waals surface area contributed by atoms with E-state index in [-0.39, 0.29) is 0 Å². The molecule has 0 radical (unpaired) electrons. The van der Waals surface area contributed by atoms with Crippen LogP contribution in [0.5, 0.6) is 0 Å². The van der Waals surface area contributed by atoms with E-state index in [2.05, 4.69) is 55.9 Å². The van der Waals surface area contributed by atoms with Crippen LogP contribution in [0, 0.1) is 0 Å². The van der Waals surface area contributed by atoms with Crippen molar-refractivity contribution in [3.8, 4) is 0 Å². The number of anilines is 2. The maximum Gasteiger partial charge on any atom is 0.224 e. The van der Waals surface area contributed by atoms with Crippen LogP contribution in [0.1, 0.15) is 71.1 Å². The second kappa shape index (κ2) is 14.9. The standard InChI is InChI=1S/C23H41N7S.C3H6/c1-28(2)31-27-19-9-11-21(12-10-19)30-17-7-8-20(18-30)25-23-24-14-13-22(26-23)29-15-5-3-4-6-16-29;1-3-2/h13-14,19-21,27H,3-12,15-18H2,1-2H3,(H,24,25,26);3H,1H2,2H3. The highest BCUT2D eigenvalue weighted by atomic mass is 32.2. The first kappa shape index (κ1) is 27.2. The third-order valence-electron chi connectivity index (χ3n) is 6.97. The Hall–Kier alpha value is -1.35. The van der Waals surface area contributed by atoms with E-state index in [0.29, 0.717) is 12.1 Å². The Morgan fingerprint density at radius 1 is 1.00 bits per heavy atom. The van der Waals surface area contributed by atoms with E-state index in [1.165, 1.54) is 70.8 Å². The Balaban J connectivity index is 0.00000103. The van der Waals surface area contributed by atoms with Crippen molar-refractivity contribution in [1.82, 2.24) is 23.9 Å². The van der Waals surface area contributed by atoms with Gasteiger partial charge >= 0.3 is 0 Å². The molecule has 3 fully saturated rings. The molecule has 1 atom stereocenters. The van der Waals surface area contributed by atoms with Crippen molar-refractivity contribution >= 4 is 23.9 Å². The first-order valence-corrected chi connectivity index (χ1v) is 14.1. The number of hydrogen-bond acceptors (Lipinski definition) is 8. The lowest BCUT2D eigenvalue weighted by Crippen LogP contribution is -2.49. The van der Waals surface area contributed by atoms with E-state index < -0.39 is 0 Å². The molecule has 1 unspecified atom stereocenters. The summed E-state index contributed by atoms with van der Waals surface area (Å²) in [4.78, 5) is 14.6. The summed E-state index contributed by atoms with van der Waals surface area (Å²) in [6.45, 7) is 9.85. The fraction of sp³-hybridized carbons (Fsp3) is 0.769. The molecule has 4 rings (SSSR count). The molecule has 1 aromatic rings. The largest absolute Gasteiger partial charge is 0.356 e. The summed E-state index contributed by atoms with van der Waals surface area (Å²) in [5, 5.41) is 3.67. The average Bonchev–Trinajstić information content (AvgIpc) is 3.14. The van der Waals surface area contributed by atoms with Gasteiger partial charge in [0.15, 0.2) is 0 Å².